The van der Waals surface area contributed by atoms with Crippen molar-refractivity contribution in [1.82, 2.24) is 10.3 Å². The number of oxazole rings is 1. The van der Waals surface area contributed by atoms with Crippen molar-refractivity contribution >= 4 is 0 Å². The molecule has 3 heteroatoms. The fourth-order valence-corrected chi connectivity index (χ4v) is 2.15. The molecule has 0 spiro atoms. The van der Waals surface area contributed by atoms with E-state index >= 15 is 0 Å². The summed E-state index contributed by atoms with van der Waals surface area (Å²) in [7, 11) is 0. The van der Waals surface area contributed by atoms with Gasteiger partial charge in [-0.15, -0.1) is 0 Å². The Morgan fingerprint density at radius 1 is 1.44 bits per heavy atom. The predicted molar refractivity (Wildman–Crippen MR) is 62.4 cm³/mol. The zero-order valence-electron chi connectivity index (χ0n) is 9.91. The molecule has 1 aromatic rings. The smallest absolute Gasteiger partial charge is 0.195 e. The van der Waals surface area contributed by atoms with Gasteiger partial charge in [0.25, 0.3) is 0 Å². The minimum Gasteiger partial charge on any atom is -0.445 e. The van der Waals surface area contributed by atoms with Gasteiger partial charge in [0.15, 0.2) is 5.89 Å². The van der Waals surface area contributed by atoms with Gasteiger partial charge in [0.05, 0.1) is 6.20 Å². The first-order valence-electron chi connectivity index (χ1n) is 6.51. The monoisotopic (exact) mass is 220 g/mol. The molecule has 1 atom stereocenters. The average Bonchev–Trinajstić information content (AvgIpc) is 3.17. The molecule has 2 aliphatic rings. The van der Waals surface area contributed by atoms with E-state index in [2.05, 4.69) is 17.2 Å². The van der Waals surface area contributed by atoms with Gasteiger partial charge in [0, 0.05) is 24.9 Å². The van der Waals surface area contributed by atoms with Crippen LogP contribution in [0.1, 0.15) is 50.2 Å². The van der Waals surface area contributed by atoms with Crippen LogP contribution in [0, 0.1) is 5.92 Å². The molecule has 1 heterocycles. The van der Waals surface area contributed by atoms with Gasteiger partial charge in [-0.1, -0.05) is 6.92 Å². The van der Waals surface area contributed by atoms with E-state index in [0.29, 0.717) is 5.92 Å². The van der Waals surface area contributed by atoms with Crippen molar-refractivity contribution in [2.75, 3.05) is 6.54 Å². The number of nitrogens with one attached hydrogen (secondary N) is 1. The molecule has 2 saturated carbocycles. The van der Waals surface area contributed by atoms with E-state index in [9.17, 15) is 0 Å². The van der Waals surface area contributed by atoms with Crippen LogP contribution in [0.3, 0.4) is 0 Å². The van der Waals surface area contributed by atoms with Crippen molar-refractivity contribution in [1.29, 1.82) is 0 Å². The molecule has 3 nitrogen and oxygen atoms in total. The lowest BCUT2D eigenvalue weighted by Gasteiger charge is -2.04. The molecular formula is C13H20N2O. The topological polar surface area (TPSA) is 38.1 Å². The summed E-state index contributed by atoms with van der Waals surface area (Å²) in [6.07, 6.45) is 8.26. The first kappa shape index (κ1) is 10.3. The van der Waals surface area contributed by atoms with Crippen LogP contribution in [0.4, 0.5) is 0 Å². The van der Waals surface area contributed by atoms with Crippen molar-refractivity contribution in [3.05, 3.63) is 17.8 Å². The van der Waals surface area contributed by atoms with Crippen molar-refractivity contribution < 1.29 is 4.42 Å². The lowest BCUT2D eigenvalue weighted by Crippen LogP contribution is -2.19. The summed E-state index contributed by atoms with van der Waals surface area (Å²) < 4.78 is 5.80. The van der Waals surface area contributed by atoms with Gasteiger partial charge in [-0.25, -0.2) is 4.98 Å². The Labute approximate surface area is 96.6 Å². The summed E-state index contributed by atoms with van der Waals surface area (Å²) in [5.41, 5.74) is 0. The Balaban J connectivity index is 1.50. The SMILES string of the molecule is CC(c1cnc(CCNC2CC2)o1)C1CC1. The molecule has 0 saturated heterocycles. The van der Waals surface area contributed by atoms with Crippen molar-refractivity contribution in [2.45, 2.75) is 51.0 Å². The van der Waals surface area contributed by atoms with E-state index in [0.717, 1.165) is 36.6 Å². The van der Waals surface area contributed by atoms with Crippen LogP contribution < -0.4 is 5.32 Å². The largest absolute Gasteiger partial charge is 0.445 e. The van der Waals surface area contributed by atoms with Crippen LogP contribution in [0.25, 0.3) is 0 Å². The molecule has 0 radical (unpaired) electrons. The molecule has 0 aliphatic heterocycles. The van der Waals surface area contributed by atoms with Crippen LogP contribution >= 0.6 is 0 Å². The molecule has 0 amide bonds. The molecule has 1 unspecified atom stereocenters. The van der Waals surface area contributed by atoms with Crippen LogP contribution in [0.5, 0.6) is 0 Å². The maximum atomic E-state index is 5.80. The molecule has 2 aliphatic carbocycles. The third-order valence-electron chi connectivity index (χ3n) is 3.70. The second-order valence-corrected chi connectivity index (χ2v) is 5.26. The zero-order valence-corrected chi connectivity index (χ0v) is 9.91. The highest BCUT2D eigenvalue weighted by Gasteiger charge is 2.31. The van der Waals surface area contributed by atoms with E-state index in [1.165, 1.54) is 25.7 Å². The predicted octanol–water partition coefficient (Wildman–Crippen LogP) is 2.48. The third kappa shape index (κ3) is 2.46. The van der Waals surface area contributed by atoms with E-state index < -0.39 is 0 Å². The lowest BCUT2D eigenvalue weighted by molar-refractivity contribution is 0.412. The molecule has 1 N–H and O–H groups in total. The quantitative estimate of drug-likeness (QED) is 0.800. The van der Waals surface area contributed by atoms with Gasteiger partial charge in [-0.05, 0) is 31.6 Å². The van der Waals surface area contributed by atoms with Gasteiger partial charge >= 0.3 is 0 Å². The van der Waals surface area contributed by atoms with Gasteiger partial charge < -0.3 is 9.73 Å². The van der Waals surface area contributed by atoms with E-state index in [-0.39, 0.29) is 0 Å². The van der Waals surface area contributed by atoms with Crippen LogP contribution in [0.15, 0.2) is 10.6 Å². The van der Waals surface area contributed by atoms with E-state index in [1.807, 2.05) is 6.20 Å². The summed E-state index contributed by atoms with van der Waals surface area (Å²) in [6.45, 7) is 3.26. The highest BCUT2D eigenvalue weighted by molar-refractivity contribution is 5.05. The average molecular weight is 220 g/mol. The summed E-state index contributed by atoms with van der Waals surface area (Å²) in [5, 5.41) is 3.48. The summed E-state index contributed by atoms with van der Waals surface area (Å²) in [4.78, 5) is 4.36. The summed E-state index contributed by atoms with van der Waals surface area (Å²) in [5.74, 6) is 3.41. The van der Waals surface area contributed by atoms with E-state index in [1.54, 1.807) is 0 Å². The molecule has 16 heavy (non-hydrogen) atoms. The van der Waals surface area contributed by atoms with Gasteiger partial charge in [-0.2, -0.15) is 0 Å². The summed E-state index contributed by atoms with van der Waals surface area (Å²) in [6, 6.07) is 0.778. The summed E-state index contributed by atoms with van der Waals surface area (Å²) >= 11 is 0. The molecule has 2 fully saturated rings. The lowest BCUT2D eigenvalue weighted by atomic mass is 10.0. The molecular weight excluding hydrogens is 200 g/mol. The minimum absolute atomic E-state index is 0.567. The standard InChI is InChI=1S/C13H20N2O/c1-9(10-2-3-10)12-8-15-13(16-12)6-7-14-11-4-5-11/h8-11,14H,2-7H2,1H3. The number of rotatable bonds is 6. The Bertz CT molecular complexity index is 353. The molecule has 1 aromatic heterocycles. The number of aromatic nitrogens is 1. The first-order chi connectivity index (χ1) is 7.83. The minimum atomic E-state index is 0.567. The van der Waals surface area contributed by atoms with Crippen LogP contribution in [-0.4, -0.2) is 17.6 Å². The fraction of sp³-hybridized carbons (Fsp3) is 0.769. The number of hydrogen-bond donors (Lipinski definition) is 1. The highest BCUT2D eigenvalue weighted by Crippen LogP contribution is 2.42. The van der Waals surface area contributed by atoms with Gasteiger partial charge in [-0.3, -0.25) is 0 Å². The van der Waals surface area contributed by atoms with Crippen molar-refractivity contribution in [2.24, 2.45) is 5.92 Å². The second kappa shape index (κ2) is 4.21. The Morgan fingerprint density at radius 3 is 2.94 bits per heavy atom. The maximum Gasteiger partial charge on any atom is 0.195 e. The fourth-order valence-electron chi connectivity index (χ4n) is 2.15. The normalized spacial score (nSPS) is 22.3. The molecule has 0 aromatic carbocycles. The van der Waals surface area contributed by atoms with E-state index in [4.69, 9.17) is 4.42 Å². The van der Waals surface area contributed by atoms with Crippen LogP contribution in [0.2, 0.25) is 0 Å². The number of hydrogen-bond acceptors (Lipinski definition) is 3. The third-order valence-corrected chi connectivity index (χ3v) is 3.70. The Hall–Kier alpha value is -0.830. The van der Waals surface area contributed by atoms with Crippen molar-refractivity contribution in [3.8, 4) is 0 Å². The zero-order chi connectivity index (χ0) is 11.0. The molecule has 88 valence electrons. The highest BCUT2D eigenvalue weighted by atomic mass is 16.4. The van der Waals surface area contributed by atoms with Gasteiger partial charge in [0.2, 0.25) is 0 Å². The van der Waals surface area contributed by atoms with Crippen LogP contribution in [-0.2, 0) is 6.42 Å². The Morgan fingerprint density at radius 2 is 2.25 bits per heavy atom. The Kier molecular flexibility index (Phi) is 2.72. The maximum absolute atomic E-state index is 5.80. The molecule has 0 bridgehead atoms. The second-order valence-electron chi connectivity index (χ2n) is 5.26. The first-order valence-corrected chi connectivity index (χ1v) is 6.51. The molecule has 3 rings (SSSR count). The van der Waals surface area contributed by atoms with Crippen molar-refractivity contribution in [3.63, 3.8) is 0 Å². The van der Waals surface area contributed by atoms with Gasteiger partial charge in [0.1, 0.15) is 5.76 Å². The number of nitrogens with zero attached hydrogens (tertiary/aromatic N) is 1.